The molecule has 1 unspecified atom stereocenters. The van der Waals surface area contributed by atoms with Crippen molar-refractivity contribution in [2.45, 2.75) is 57.3 Å². The van der Waals surface area contributed by atoms with Crippen LogP contribution in [0, 0.1) is 23.6 Å². The average Bonchev–Trinajstić information content (AvgIpc) is 3.68. The molecule has 2 fully saturated rings. The minimum absolute atomic E-state index is 0.140. The molecule has 0 spiro atoms. The molecule has 2 aliphatic carbocycles. The Morgan fingerprint density at radius 3 is 2.42 bits per heavy atom. The largest absolute Gasteiger partial charge is 0.497 e. The van der Waals surface area contributed by atoms with E-state index in [-0.39, 0.29) is 29.5 Å². The van der Waals surface area contributed by atoms with Gasteiger partial charge in [0.1, 0.15) is 17.3 Å². The van der Waals surface area contributed by atoms with E-state index in [9.17, 15) is 9.18 Å². The van der Waals surface area contributed by atoms with Crippen molar-refractivity contribution in [2.75, 3.05) is 20.8 Å². The van der Waals surface area contributed by atoms with E-state index in [1.165, 1.54) is 13.2 Å². The number of halogens is 1. The Hall–Kier alpha value is -2.56. The summed E-state index contributed by atoms with van der Waals surface area (Å²) in [5.74, 6) is 2.53. The molecule has 4 rings (SSSR count). The van der Waals surface area contributed by atoms with Crippen molar-refractivity contribution < 1.29 is 23.4 Å². The van der Waals surface area contributed by atoms with Crippen LogP contribution in [0.1, 0.15) is 68.4 Å². The standard InChI is InChI=1S/C28H35FO4/c1-18(28(30)32-3)27(21-11-12-21)22-5-4-6-24(15-22)33-17-19-7-9-20(10-8-19)25-16-23(31-2)13-14-26(25)29/h4-6,13-16,18-21,27H,7-12,17H2,1-3H3/t18-,19?,20?,27?/m0/s1. The minimum atomic E-state index is -0.162. The number of hydrogen-bond donors (Lipinski definition) is 0. The molecule has 0 N–H and O–H groups in total. The van der Waals surface area contributed by atoms with Gasteiger partial charge in [0.2, 0.25) is 0 Å². The van der Waals surface area contributed by atoms with Crippen LogP contribution in [0.5, 0.6) is 11.5 Å². The molecule has 2 aromatic carbocycles. The molecule has 2 aromatic rings. The van der Waals surface area contributed by atoms with E-state index >= 15 is 0 Å². The summed E-state index contributed by atoms with van der Waals surface area (Å²) in [5, 5.41) is 0. The van der Waals surface area contributed by atoms with E-state index in [2.05, 4.69) is 12.1 Å². The fourth-order valence-electron chi connectivity index (χ4n) is 5.38. The van der Waals surface area contributed by atoms with Crippen LogP contribution in [-0.2, 0) is 9.53 Å². The molecule has 0 radical (unpaired) electrons. The Bertz CT molecular complexity index is 947. The summed E-state index contributed by atoms with van der Waals surface area (Å²) >= 11 is 0. The summed E-state index contributed by atoms with van der Waals surface area (Å²) in [7, 11) is 3.07. The number of carbonyl (C=O) groups is 1. The van der Waals surface area contributed by atoms with Gasteiger partial charge in [-0.15, -0.1) is 0 Å². The zero-order valence-electron chi connectivity index (χ0n) is 19.9. The maximum absolute atomic E-state index is 14.3. The molecule has 2 saturated carbocycles. The highest BCUT2D eigenvalue weighted by Crippen LogP contribution is 2.47. The summed E-state index contributed by atoms with van der Waals surface area (Å²) < 4.78 is 30.8. The van der Waals surface area contributed by atoms with Crippen LogP contribution in [0.4, 0.5) is 4.39 Å². The number of hydrogen-bond acceptors (Lipinski definition) is 4. The van der Waals surface area contributed by atoms with Gasteiger partial charge in [-0.1, -0.05) is 19.1 Å². The van der Waals surface area contributed by atoms with Crippen LogP contribution >= 0.6 is 0 Å². The second kappa shape index (κ2) is 10.6. The van der Waals surface area contributed by atoms with Crippen molar-refractivity contribution in [3.8, 4) is 11.5 Å². The number of methoxy groups -OCH3 is 2. The molecule has 0 aromatic heterocycles. The first kappa shape index (κ1) is 23.6. The Kier molecular flexibility index (Phi) is 7.56. The second-order valence-corrected chi connectivity index (χ2v) is 9.66. The van der Waals surface area contributed by atoms with Crippen molar-refractivity contribution in [3.63, 3.8) is 0 Å². The number of esters is 1. The highest BCUT2D eigenvalue weighted by molar-refractivity contribution is 5.73. The maximum atomic E-state index is 14.3. The summed E-state index contributed by atoms with van der Waals surface area (Å²) in [6.45, 7) is 2.63. The van der Waals surface area contributed by atoms with Crippen molar-refractivity contribution in [1.29, 1.82) is 0 Å². The summed E-state index contributed by atoms with van der Waals surface area (Å²) in [6.07, 6.45) is 6.27. The second-order valence-electron chi connectivity index (χ2n) is 9.66. The highest BCUT2D eigenvalue weighted by atomic mass is 19.1. The minimum Gasteiger partial charge on any atom is -0.497 e. The molecule has 2 aliphatic rings. The molecule has 2 atom stereocenters. The van der Waals surface area contributed by atoms with E-state index < -0.39 is 0 Å². The van der Waals surface area contributed by atoms with Gasteiger partial charge in [-0.3, -0.25) is 4.79 Å². The van der Waals surface area contributed by atoms with Crippen molar-refractivity contribution in [1.82, 2.24) is 0 Å². The number of rotatable bonds is 9. The number of carbonyl (C=O) groups excluding carboxylic acids is 1. The van der Waals surface area contributed by atoms with E-state index in [0.29, 0.717) is 24.2 Å². The van der Waals surface area contributed by atoms with Gasteiger partial charge >= 0.3 is 5.97 Å². The van der Waals surface area contributed by atoms with E-state index in [1.807, 2.05) is 25.1 Å². The van der Waals surface area contributed by atoms with Gasteiger partial charge in [0.25, 0.3) is 0 Å². The molecule has 33 heavy (non-hydrogen) atoms. The van der Waals surface area contributed by atoms with Crippen LogP contribution in [0.3, 0.4) is 0 Å². The zero-order chi connectivity index (χ0) is 23.4. The van der Waals surface area contributed by atoms with Crippen molar-refractivity contribution in [3.05, 3.63) is 59.4 Å². The number of benzene rings is 2. The van der Waals surface area contributed by atoms with Crippen LogP contribution in [0.2, 0.25) is 0 Å². The van der Waals surface area contributed by atoms with Gasteiger partial charge in [-0.2, -0.15) is 0 Å². The van der Waals surface area contributed by atoms with Gasteiger partial charge < -0.3 is 14.2 Å². The molecule has 5 heteroatoms. The Morgan fingerprint density at radius 1 is 1.00 bits per heavy atom. The Morgan fingerprint density at radius 2 is 1.76 bits per heavy atom. The van der Waals surface area contributed by atoms with Crippen LogP contribution in [0.25, 0.3) is 0 Å². The first-order valence-electron chi connectivity index (χ1n) is 12.1. The molecular weight excluding hydrogens is 419 g/mol. The van der Waals surface area contributed by atoms with E-state index in [4.69, 9.17) is 14.2 Å². The van der Waals surface area contributed by atoms with Crippen LogP contribution in [0.15, 0.2) is 42.5 Å². The van der Waals surface area contributed by atoms with Crippen molar-refractivity contribution >= 4 is 5.97 Å². The third-order valence-electron chi connectivity index (χ3n) is 7.46. The number of ether oxygens (including phenoxy) is 3. The smallest absolute Gasteiger partial charge is 0.309 e. The maximum Gasteiger partial charge on any atom is 0.309 e. The molecule has 0 heterocycles. The fraction of sp³-hybridized carbons (Fsp3) is 0.536. The average molecular weight is 455 g/mol. The third-order valence-corrected chi connectivity index (χ3v) is 7.46. The fourth-order valence-corrected chi connectivity index (χ4v) is 5.38. The predicted octanol–water partition coefficient (Wildman–Crippen LogP) is 6.49. The lowest BCUT2D eigenvalue weighted by atomic mass is 9.79. The Labute approximate surface area is 196 Å². The molecule has 0 aliphatic heterocycles. The quantitative estimate of drug-likeness (QED) is 0.406. The third kappa shape index (κ3) is 5.69. The molecule has 0 amide bonds. The monoisotopic (exact) mass is 454 g/mol. The highest BCUT2D eigenvalue weighted by Gasteiger charge is 2.39. The van der Waals surface area contributed by atoms with Gasteiger partial charge in [0.05, 0.1) is 26.7 Å². The van der Waals surface area contributed by atoms with Gasteiger partial charge in [-0.05, 0) is 104 Å². The molecule has 0 bridgehead atoms. The first-order chi connectivity index (χ1) is 16.0. The van der Waals surface area contributed by atoms with E-state index in [1.54, 1.807) is 13.2 Å². The SMILES string of the molecule is COC(=O)[C@@H](C)C(c1cccc(OCC2CCC(c3cc(OC)ccc3F)CC2)c1)C1CC1. The van der Waals surface area contributed by atoms with Crippen molar-refractivity contribution in [2.24, 2.45) is 17.8 Å². The van der Waals surface area contributed by atoms with Gasteiger partial charge in [0, 0.05) is 0 Å². The lowest BCUT2D eigenvalue weighted by molar-refractivity contribution is -0.145. The van der Waals surface area contributed by atoms with Gasteiger partial charge in [0.15, 0.2) is 0 Å². The normalized spacial score (nSPS) is 22.3. The molecule has 0 saturated heterocycles. The first-order valence-corrected chi connectivity index (χ1v) is 12.1. The Balaban J connectivity index is 1.34. The van der Waals surface area contributed by atoms with Crippen LogP contribution < -0.4 is 9.47 Å². The van der Waals surface area contributed by atoms with Crippen LogP contribution in [-0.4, -0.2) is 26.8 Å². The zero-order valence-corrected chi connectivity index (χ0v) is 19.9. The molecular formula is C28H35FO4. The molecule has 4 nitrogen and oxygen atoms in total. The summed E-state index contributed by atoms with van der Waals surface area (Å²) in [6, 6.07) is 13.2. The molecule has 178 valence electrons. The lowest BCUT2D eigenvalue weighted by Crippen LogP contribution is -2.22. The van der Waals surface area contributed by atoms with E-state index in [0.717, 1.165) is 55.4 Å². The lowest BCUT2D eigenvalue weighted by Gasteiger charge is -2.29. The predicted molar refractivity (Wildman–Crippen MR) is 126 cm³/mol. The summed E-state index contributed by atoms with van der Waals surface area (Å²) in [5.41, 5.74) is 1.93. The van der Waals surface area contributed by atoms with Gasteiger partial charge in [-0.25, -0.2) is 4.39 Å². The summed E-state index contributed by atoms with van der Waals surface area (Å²) in [4.78, 5) is 12.2. The topological polar surface area (TPSA) is 44.8 Å².